The molecule has 3 heteroatoms. The van der Waals surface area contributed by atoms with Gasteiger partial charge in [-0.2, -0.15) is 0 Å². The van der Waals surface area contributed by atoms with Crippen LogP contribution in [0.5, 0.6) is 0 Å². The van der Waals surface area contributed by atoms with E-state index in [2.05, 4.69) is 5.32 Å². The Labute approximate surface area is 84.7 Å². The van der Waals surface area contributed by atoms with E-state index in [0.29, 0.717) is 0 Å². The minimum Gasteiger partial charge on any atom is -0.331 e. The van der Waals surface area contributed by atoms with Crippen LogP contribution in [0.1, 0.15) is 11.1 Å². The van der Waals surface area contributed by atoms with Crippen molar-refractivity contribution in [2.45, 2.75) is 13.8 Å². The third-order valence-electron chi connectivity index (χ3n) is 2.04. The van der Waals surface area contributed by atoms with Crippen LogP contribution in [0.15, 0.2) is 18.2 Å². The average Bonchev–Trinajstić information content (AvgIpc) is 2.11. The van der Waals surface area contributed by atoms with Crippen molar-refractivity contribution in [2.24, 2.45) is 0 Å². The summed E-state index contributed by atoms with van der Waals surface area (Å²) in [5.74, 6) is 0. The number of nitrogens with one attached hydrogen (secondary N) is 1. The molecule has 0 spiro atoms. The highest BCUT2D eigenvalue weighted by Gasteiger charge is 2.05. The maximum absolute atomic E-state index is 11.4. The first-order chi connectivity index (χ1) is 6.50. The molecule has 0 aromatic heterocycles. The molecular formula is C11H16N2O. The Hall–Kier alpha value is -1.51. The van der Waals surface area contributed by atoms with Crippen LogP contribution in [-0.4, -0.2) is 25.0 Å². The van der Waals surface area contributed by atoms with Crippen LogP contribution in [0, 0.1) is 13.8 Å². The summed E-state index contributed by atoms with van der Waals surface area (Å²) in [5, 5.41) is 2.84. The monoisotopic (exact) mass is 192 g/mol. The highest BCUT2D eigenvalue weighted by Crippen LogP contribution is 2.16. The average molecular weight is 192 g/mol. The molecule has 76 valence electrons. The maximum Gasteiger partial charge on any atom is 0.321 e. The largest absolute Gasteiger partial charge is 0.331 e. The lowest BCUT2D eigenvalue weighted by Crippen LogP contribution is -2.27. The molecule has 0 aliphatic rings. The summed E-state index contributed by atoms with van der Waals surface area (Å²) in [4.78, 5) is 12.9. The van der Waals surface area contributed by atoms with Gasteiger partial charge < -0.3 is 10.2 Å². The van der Waals surface area contributed by atoms with Gasteiger partial charge in [0.2, 0.25) is 0 Å². The Morgan fingerprint density at radius 3 is 2.50 bits per heavy atom. The molecule has 0 fully saturated rings. The molecule has 0 saturated heterocycles. The highest BCUT2D eigenvalue weighted by atomic mass is 16.2. The van der Waals surface area contributed by atoms with Crippen molar-refractivity contribution in [2.75, 3.05) is 19.4 Å². The lowest BCUT2D eigenvalue weighted by molar-refractivity contribution is 0.230. The van der Waals surface area contributed by atoms with Crippen molar-refractivity contribution >= 4 is 11.7 Å². The molecule has 0 atom stereocenters. The maximum atomic E-state index is 11.4. The van der Waals surface area contributed by atoms with Gasteiger partial charge in [-0.25, -0.2) is 4.79 Å². The zero-order valence-electron chi connectivity index (χ0n) is 9.09. The summed E-state index contributed by atoms with van der Waals surface area (Å²) in [6, 6.07) is 5.90. The van der Waals surface area contributed by atoms with Gasteiger partial charge in [0, 0.05) is 19.8 Å². The van der Waals surface area contributed by atoms with Gasteiger partial charge in [-0.1, -0.05) is 12.1 Å². The van der Waals surface area contributed by atoms with Gasteiger partial charge in [0.15, 0.2) is 0 Å². The number of rotatable bonds is 1. The van der Waals surface area contributed by atoms with Crippen molar-refractivity contribution < 1.29 is 4.79 Å². The van der Waals surface area contributed by atoms with E-state index in [1.165, 1.54) is 4.90 Å². The molecule has 2 amide bonds. The van der Waals surface area contributed by atoms with E-state index in [0.717, 1.165) is 16.8 Å². The number of hydrogen-bond acceptors (Lipinski definition) is 1. The minimum absolute atomic E-state index is 0.0984. The molecular weight excluding hydrogens is 176 g/mol. The second-order valence-electron chi connectivity index (χ2n) is 3.64. The van der Waals surface area contributed by atoms with Gasteiger partial charge in [-0.3, -0.25) is 0 Å². The van der Waals surface area contributed by atoms with Crippen LogP contribution in [0.25, 0.3) is 0 Å². The van der Waals surface area contributed by atoms with E-state index < -0.39 is 0 Å². The number of amides is 2. The molecule has 0 saturated carbocycles. The van der Waals surface area contributed by atoms with E-state index in [4.69, 9.17) is 0 Å². The standard InChI is InChI=1S/C11H16N2O/c1-8-5-6-9(2)10(7-8)12-11(14)13(3)4/h5-7H,1-4H3,(H,12,14). The molecule has 0 bridgehead atoms. The minimum atomic E-state index is -0.0984. The summed E-state index contributed by atoms with van der Waals surface area (Å²) < 4.78 is 0. The summed E-state index contributed by atoms with van der Waals surface area (Å²) in [7, 11) is 3.45. The molecule has 0 unspecified atom stereocenters. The molecule has 1 N–H and O–H groups in total. The van der Waals surface area contributed by atoms with Crippen LogP contribution in [0.2, 0.25) is 0 Å². The van der Waals surface area contributed by atoms with Gasteiger partial charge in [0.05, 0.1) is 0 Å². The number of carbonyl (C=O) groups excluding carboxylic acids is 1. The Kier molecular flexibility index (Phi) is 3.12. The van der Waals surface area contributed by atoms with Gasteiger partial charge >= 0.3 is 6.03 Å². The molecule has 0 aliphatic carbocycles. The Morgan fingerprint density at radius 1 is 1.29 bits per heavy atom. The zero-order valence-corrected chi connectivity index (χ0v) is 9.09. The fourth-order valence-electron chi connectivity index (χ4n) is 1.10. The van der Waals surface area contributed by atoms with E-state index in [-0.39, 0.29) is 6.03 Å². The molecule has 0 aliphatic heterocycles. The Bertz CT molecular complexity index is 345. The molecule has 3 nitrogen and oxygen atoms in total. The normalized spacial score (nSPS) is 9.71. The van der Waals surface area contributed by atoms with Crippen LogP contribution in [0.3, 0.4) is 0 Å². The number of hydrogen-bond donors (Lipinski definition) is 1. The summed E-state index contributed by atoms with van der Waals surface area (Å²) >= 11 is 0. The quantitative estimate of drug-likeness (QED) is 0.728. The number of anilines is 1. The highest BCUT2D eigenvalue weighted by molar-refractivity contribution is 5.89. The first-order valence-corrected chi connectivity index (χ1v) is 4.56. The molecule has 1 aromatic rings. The van der Waals surface area contributed by atoms with E-state index in [1.54, 1.807) is 14.1 Å². The van der Waals surface area contributed by atoms with E-state index in [1.807, 2.05) is 32.0 Å². The van der Waals surface area contributed by atoms with Crippen LogP contribution in [0.4, 0.5) is 10.5 Å². The van der Waals surface area contributed by atoms with Crippen molar-refractivity contribution in [3.63, 3.8) is 0 Å². The third-order valence-corrected chi connectivity index (χ3v) is 2.04. The topological polar surface area (TPSA) is 32.3 Å². The number of benzene rings is 1. The Morgan fingerprint density at radius 2 is 1.93 bits per heavy atom. The van der Waals surface area contributed by atoms with Crippen LogP contribution >= 0.6 is 0 Å². The fourth-order valence-corrected chi connectivity index (χ4v) is 1.10. The second-order valence-corrected chi connectivity index (χ2v) is 3.64. The number of carbonyl (C=O) groups is 1. The smallest absolute Gasteiger partial charge is 0.321 e. The SMILES string of the molecule is Cc1ccc(C)c(NC(=O)N(C)C)c1. The predicted molar refractivity (Wildman–Crippen MR) is 58.6 cm³/mol. The molecule has 0 heterocycles. The first-order valence-electron chi connectivity index (χ1n) is 4.56. The van der Waals surface area contributed by atoms with Gasteiger partial charge in [0.1, 0.15) is 0 Å². The van der Waals surface area contributed by atoms with Gasteiger partial charge in [-0.15, -0.1) is 0 Å². The van der Waals surface area contributed by atoms with E-state index >= 15 is 0 Å². The summed E-state index contributed by atoms with van der Waals surface area (Å²) in [6.07, 6.45) is 0. The lowest BCUT2D eigenvalue weighted by atomic mass is 10.1. The third kappa shape index (κ3) is 2.49. The van der Waals surface area contributed by atoms with Crippen molar-refractivity contribution in [1.29, 1.82) is 0 Å². The molecule has 1 rings (SSSR count). The van der Waals surface area contributed by atoms with Crippen LogP contribution in [-0.2, 0) is 0 Å². The first kappa shape index (κ1) is 10.6. The fraction of sp³-hybridized carbons (Fsp3) is 0.364. The lowest BCUT2D eigenvalue weighted by Gasteiger charge is -2.14. The molecule has 0 radical (unpaired) electrons. The van der Waals surface area contributed by atoms with Crippen molar-refractivity contribution in [3.05, 3.63) is 29.3 Å². The molecule has 1 aromatic carbocycles. The number of nitrogens with zero attached hydrogens (tertiary/aromatic N) is 1. The predicted octanol–water partition coefficient (Wildman–Crippen LogP) is 2.40. The van der Waals surface area contributed by atoms with Gasteiger partial charge in [0.25, 0.3) is 0 Å². The number of aryl methyl sites for hydroxylation is 2. The summed E-state index contributed by atoms with van der Waals surface area (Å²) in [6.45, 7) is 3.98. The van der Waals surface area contributed by atoms with Gasteiger partial charge in [-0.05, 0) is 31.0 Å². The molecule has 14 heavy (non-hydrogen) atoms. The Balaban J connectivity index is 2.86. The second kappa shape index (κ2) is 4.13. The van der Waals surface area contributed by atoms with Crippen molar-refractivity contribution in [1.82, 2.24) is 4.90 Å². The van der Waals surface area contributed by atoms with Crippen LogP contribution < -0.4 is 5.32 Å². The zero-order chi connectivity index (χ0) is 10.7. The summed E-state index contributed by atoms with van der Waals surface area (Å²) in [5.41, 5.74) is 3.10. The number of urea groups is 1. The van der Waals surface area contributed by atoms with E-state index in [9.17, 15) is 4.79 Å². The van der Waals surface area contributed by atoms with Crippen molar-refractivity contribution in [3.8, 4) is 0 Å².